The lowest BCUT2D eigenvalue weighted by molar-refractivity contribution is -0.137. The predicted molar refractivity (Wildman–Crippen MR) is 70.2 cm³/mol. The van der Waals surface area contributed by atoms with Gasteiger partial charge in [0.05, 0.1) is 12.7 Å². The number of benzene rings is 1. The molecular weight excluding hydrogens is 224 g/mol. The fourth-order valence-electron chi connectivity index (χ4n) is 3.30. The van der Waals surface area contributed by atoms with E-state index in [1.54, 1.807) is 0 Å². The first kappa shape index (κ1) is 11.9. The number of Topliss-reactive ketones (excluding diaryl/α,β-unsaturated/α-hetero) is 1. The number of rotatable bonds is 3. The average Bonchev–Trinajstić information content (AvgIpc) is 2.38. The molecule has 0 unspecified atom stereocenters. The van der Waals surface area contributed by atoms with Gasteiger partial charge in [-0.1, -0.05) is 30.3 Å². The van der Waals surface area contributed by atoms with E-state index in [1.807, 2.05) is 6.07 Å². The molecule has 2 heteroatoms. The van der Waals surface area contributed by atoms with Crippen LogP contribution >= 0.6 is 0 Å². The fraction of sp³-hybridized carbons (Fsp3) is 0.562. The van der Waals surface area contributed by atoms with Gasteiger partial charge in [0.1, 0.15) is 5.78 Å². The van der Waals surface area contributed by atoms with Crippen molar-refractivity contribution in [1.29, 1.82) is 0 Å². The lowest BCUT2D eigenvalue weighted by Crippen LogP contribution is -2.41. The molecule has 0 N–H and O–H groups in total. The van der Waals surface area contributed by atoms with E-state index in [2.05, 4.69) is 24.3 Å². The molecule has 0 atom stereocenters. The highest BCUT2D eigenvalue weighted by molar-refractivity contribution is 5.86. The molecular formula is C16H20O2. The summed E-state index contributed by atoms with van der Waals surface area (Å²) in [5.41, 5.74) is 1.63. The second-order valence-electron chi connectivity index (χ2n) is 5.89. The van der Waals surface area contributed by atoms with Crippen LogP contribution in [0.2, 0.25) is 0 Å². The van der Waals surface area contributed by atoms with Gasteiger partial charge in [-0.2, -0.15) is 0 Å². The largest absolute Gasteiger partial charge is 0.374 e. The summed E-state index contributed by atoms with van der Waals surface area (Å²) in [4.78, 5) is 11.1. The second-order valence-corrected chi connectivity index (χ2v) is 5.89. The molecule has 0 bridgehead atoms. The van der Waals surface area contributed by atoms with Crippen LogP contribution in [-0.4, -0.2) is 11.9 Å². The first-order valence-electron chi connectivity index (χ1n) is 6.93. The van der Waals surface area contributed by atoms with Gasteiger partial charge in [-0.25, -0.2) is 0 Å². The van der Waals surface area contributed by atoms with Gasteiger partial charge in [0.2, 0.25) is 0 Å². The van der Waals surface area contributed by atoms with Crippen molar-refractivity contribution >= 4 is 5.78 Å². The van der Waals surface area contributed by atoms with Crippen molar-refractivity contribution in [2.75, 3.05) is 0 Å². The van der Waals surface area contributed by atoms with Crippen LogP contribution in [0.25, 0.3) is 0 Å². The standard InChI is InChI=1S/C16H20O2/c17-14-10-16(11-14)8-6-15(7-9-16)18-12-13-4-2-1-3-5-13/h1-5,15H,6-12H2. The van der Waals surface area contributed by atoms with E-state index in [0.717, 1.165) is 32.3 Å². The molecule has 0 heterocycles. The van der Waals surface area contributed by atoms with Crippen LogP contribution in [0.15, 0.2) is 30.3 Å². The zero-order valence-electron chi connectivity index (χ0n) is 10.7. The third kappa shape index (κ3) is 2.49. The van der Waals surface area contributed by atoms with Crippen LogP contribution in [0.1, 0.15) is 44.1 Å². The summed E-state index contributed by atoms with van der Waals surface area (Å²) in [6, 6.07) is 10.3. The number of hydrogen-bond acceptors (Lipinski definition) is 2. The van der Waals surface area contributed by atoms with Crippen molar-refractivity contribution < 1.29 is 9.53 Å². The third-order valence-electron chi connectivity index (χ3n) is 4.47. The molecule has 1 aromatic rings. The van der Waals surface area contributed by atoms with E-state index in [4.69, 9.17) is 4.74 Å². The molecule has 0 aromatic heterocycles. The zero-order chi connectivity index (χ0) is 12.4. The van der Waals surface area contributed by atoms with E-state index in [9.17, 15) is 4.79 Å². The molecule has 18 heavy (non-hydrogen) atoms. The summed E-state index contributed by atoms with van der Waals surface area (Å²) in [6.45, 7) is 0.720. The average molecular weight is 244 g/mol. The van der Waals surface area contributed by atoms with Gasteiger partial charge in [-0.15, -0.1) is 0 Å². The molecule has 0 saturated heterocycles. The van der Waals surface area contributed by atoms with E-state index in [-0.39, 0.29) is 0 Å². The second kappa shape index (κ2) is 4.85. The van der Waals surface area contributed by atoms with Gasteiger partial charge in [-0.05, 0) is 36.7 Å². The molecule has 0 aliphatic heterocycles. The Balaban J connectivity index is 1.45. The van der Waals surface area contributed by atoms with Crippen LogP contribution in [0, 0.1) is 5.41 Å². The van der Waals surface area contributed by atoms with Crippen LogP contribution in [0.3, 0.4) is 0 Å². The Morgan fingerprint density at radius 3 is 2.39 bits per heavy atom. The molecule has 3 rings (SSSR count). The van der Waals surface area contributed by atoms with Crippen molar-refractivity contribution in [3.05, 3.63) is 35.9 Å². The Morgan fingerprint density at radius 2 is 1.78 bits per heavy atom. The smallest absolute Gasteiger partial charge is 0.134 e. The molecule has 0 radical (unpaired) electrons. The van der Waals surface area contributed by atoms with Crippen molar-refractivity contribution in [2.45, 2.75) is 51.2 Å². The third-order valence-corrected chi connectivity index (χ3v) is 4.47. The van der Waals surface area contributed by atoms with E-state index >= 15 is 0 Å². The first-order valence-corrected chi connectivity index (χ1v) is 6.93. The molecule has 2 aliphatic rings. The molecule has 96 valence electrons. The Kier molecular flexibility index (Phi) is 3.21. The first-order chi connectivity index (χ1) is 8.76. The van der Waals surface area contributed by atoms with E-state index in [0.29, 0.717) is 17.3 Å². The number of hydrogen-bond donors (Lipinski definition) is 0. The maximum Gasteiger partial charge on any atom is 0.134 e. The number of carbonyl (C=O) groups excluding carboxylic acids is 1. The summed E-state index contributed by atoms with van der Waals surface area (Å²) in [5, 5.41) is 0. The van der Waals surface area contributed by atoms with Gasteiger partial charge in [0, 0.05) is 12.8 Å². The molecule has 1 aromatic carbocycles. The quantitative estimate of drug-likeness (QED) is 0.813. The fourth-order valence-corrected chi connectivity index (χ4v) is 3.30. The number of carbonyl (C=O) groups is 1. The molecule has 2 nitrogen and oxygen atoms in total. The van der Waals surface area contributed by atoms with Crippen molar-refractivity contribution in [3.63, 3.8) is 0 Å². The SMILES string of the molecule is O=C1CC2(CCC(OCc3ccccc3)CC2)C1. The molecule has 2 aliphatic carbocycles. The van der Waals surface area contributed by atoms with Crippen LogP contribution in [-0.2, 0) is 16.1 Å². The lowest BCUT2D eigenvalue weighted by Gasteiger charge is -2.45. The highest BCUT2D eigenvalue weighted by atomic mass is 16.5. The molecule has 0 amide bonds. The van der Waals surface area contributed by atoms with Crippen LogP contribution < -0.4 is 0 Å². The van der Waals surface area contributed by atoms with Gasteiger partial charge >= 0.3 is 0 Å². The molecule has 2 saturated carbocycles. The van der Waals surface area contributed by atoms with Gasteiger partial charge in [0.25, 0.3) is 0 Å². The Labute approximate surface area is 108 Å². The highest BCUT2D eigenvalue weighted by Crippen LogP contribution is 2.50. The Morgan fingerprint density at radius 1 is 1.11 bits per heavy atom. The summed E-state index contributed by atoms with van der Waals surface area (Å²) < 4.78 is 5.97. The zero-order valence-corrected chi connectivity index (χ0v) is 10.7. The minimum atomic E-state index is 0.379. The van der Waals surface area contributed by atoms with E-state index < -0.39 is 0 Å². The lowest BCUT2D eigenvalue weighted by atomic mass is 9.60. The maximum atomic E-state index is 11.1. The van der Waals surface area contributed by atoms with Crippen molar-refractivity contribution in [2.24, 2.45) is 5.41 Å². The minimum absolute atomic E-state index is 0.379. The Bertz CT molecular complexity index is 406. The number of ketones is 1. The van der Waals surface area contributed by atoms with Crippen molar-refractivity contribution in [3.8, 4) is 0 Å². The maximum absolute atomic E-state index is 11.1. The summed E-state index contributed by atoms with van der Waals surface area (Å²) in [5.74, 6) is 0.457. The normalized spacial score (nSPS) is 23.0. The highest BCUT2D eigenvalue weighted by Gasteiger charge is 2.45. The van der Waals surface area contributed by atoms with Crippen LogP contribution in [0.5, 0.6) is 0 Å². The van der Waals surface area contributed by atoms with Gasteiger partial charge < -0.3 is 4.74 Å². The topological polar surface area (TPSA) is 26.3 Å². The van der Waals surface area contributed by atoms with E-state index in [1.165, 1.54) is 18.4 Å². The molecule has 1 spiro atoms. The van der Waals surface area contributed by atoms with Gasteiger partial charge in [-0.3, -0.25) is 4.79 Å². The summed E-state index contributed by atoms with van der Waals surface area (Å²) >= 11 is 0. The minimum Gasteiger partial charge on any atom is -0.374 e. The van der Waals surface area contributed by atoms with Gasteiger partial charge in [0.15, 0.2) is 0 Å². The van der Waals surface area contributed by atoms with Crippen LogP contribution in [0.4, 0.5) is 0 Å². The predicted octanol–water partition coefficient (Wildman–Crippen LogP) is 3.50. The number of ether oxygens (including phenoxy) is 1. The monoisotopic (exact) mass is 244 g/mol. The Hall–Kier alpha value is -1.15. The van der Waals surface area contributed by atoms with Crippen molar-refractivity contribution in [1.82, 2.24) is 0 Å². The molecule has 2 fully saturated rings. The summed E-state index contributed by atoms with van der Waals surface area (Å²) in [6.07, 6.45) is 6.67. The summed E-state index contributed by atoms with van der Waals surface area (Å²) in [7, 11) is 0.